The van der Waals surface area contributed by atoms with Crippen molar-refractivity contribution in [2.45, 2.75) is 13.3 Å². The van der Waals surface area contributed by atoms with Gasteiger partial charge in [-0.3, -0.25) is 0 Å². The van der Waals surface area contributed by atoms with Crippen LogP contribution in [0.25, 0.3) is 0 Å². The molecule has 0 amide bonds. The maximum absolute atomic E-state index is 13.2. The summed E-state index contributed by atoms with van der Waals surface area (Å²) in [5.74, 6) is 5.48. The molecule has 1 aromatic rings. The van der Waals surface area contributed by atoms with Crippen LogP contribution < -0.4 is 5.84 Å². The van der Waals surface area contributed by atoms with E-state index < -0.39 is 12.5 Å². The second-order valence-electron chi connectivity index (χ2n) is 3.37. The monoisotopic (exact) mass is 224 g/mol. The maximum atomic E-state index is 13.2. The van der Waals surface area contributed by atoms with Gasteiger partial charge in [-0.2, -0.15) is 18.8 Å². The summed E-state index contributed by atoms with van der Waals surface area (Å²) in [6, 6.07) is 7.07. The van der Waals surface area contributed by atoms with E-state index in [9.17, 15) is 8.78 Å². The quantitative estimate of drug-likeness (QED) is 0.580. The standard InChI is InChI=1S/C10H10F2N4/c1-6-4-2-3-5-7(6)8-14-9(11)15-10(12)16(8)13/h2-5,10H,13H2,1H3. The van der Waals surface area contributed by atoms with Gasteiger partial charge in [0.25, 0.3) is 6.42 Å². The Balaban J connectivity index is 2.48. The molecule has 1 aromatic carbocycles. The number of benzene rings is 1. The van der Waals surface area contributed by atoms with Crippen molar-refractivity contribution in [2.75, 3.05) is 0 Å². The first-order valence-corrected chi connectivity index (χ1v) is 4.65. The molecule has 0 bridgehead atoms. The topological polar surface area (TPSA) is 54.0 Å². The minimum absolute atomic E-state index is 0.0399. The summed E-state index contributed by atoms with van der Waals surface area (Å²) in [6.07, 6.45) is -3.04. The molecule has 1 aliphatic rings. The average Bonchev–Trinajstić information content (AvgIpc) is 2.24. The molecule has 84 valence electrons. The van der Waals surface area contributed by atoms with E-state index in [4.69, 9.17) is 5.84 Å². The second kappa shape index (κ2) is 3.97. The Labute approximate surface area is 91.1 Å². The van der Waals surface area contributed by atoms with Crippen LogP contribution in [-0.4, -0.2) is 23.4 Å². The highest BCUT2D eigenvalue weighted by Gasteiger charge is 2.25. The van der Waals surface area contributed by atoms with Crippen molar-refractivity contribution in [3.05, 3.63) is 35.4 Å². The van der Waals surface area contributed by atoms with Crippen LogP contribution in [0, 0.1) is 6.92 Å². The second-order valence-corrected chi connectivity index (χ2v) is 3.37. The predicted molar refractivity (Wildman–Crippen MR) is 57.2 cm³/mol. The first-order valence-electron chi connectivity index (χ1n) is 4.65. The molecule has 0 saturated carbocycles. The molecule has 1 aliphatic heterocycles. The van der Waals surface area contributed by atoms with E-state index in [0.29, 0.717) is 10.6 Å². The highest BCUT2D eigenvalue weighted by atomic mass is 19.2. The van der Waals surface area contributed by atoms with Crippen LogP contribution in [0.3, 0.4) is 0 Å². The van der Waals surface area contributed by atoms with E-state index in [1.54, 1.807) is 12.1 Å². The Kier molecular flexibility index (Phi) is 2.66. The Morgan fingerprint density at radius 3 is 2.75 bits per heavy atom. The molecule has 6 heteroatoms. The molecular formula is C10H10F2N4. The van der Waals surface area contributed by atoms with Gasteiger partial charge in [0.05, 0.1) is 0 Å². The maximum Gasteiger partial charge on any atom is 0.310 e. The van der Waals surface area contributed by atoms with Crippen LogP contribution in [-0.2, 0) is 0 Å². The molecule has 1 atom stereocenters. The van der Waals surface area contributed by atoms with E-state index in [2.05, 4.69) is 9.98 Å². The molecule has 16 heavy (non-hydrogen) atoms. The Morgan fingerprint density at radius 2 is 2.06 bits per heavy atom. The van der Waals surface area contributed by atoms with Crippen LogP contribution in [0.15, 0.2) is 34.3 Å². The molecule has 2 N–H and O–H groups in total. The number of aryl methyl sites for hydroxylation is 1. The van der Waals surface area contributed by atoms with Crippen molar-refractivity contribution in [3.63, 3.8) is 0 Å². The number of alkyl halides is 1. The van der Waals surface area contributed by atoms with Gasteiger partial charge in [-0.1, -0.05) is 24.3 Å². The van der Waals surface area contributed by atoms with Gasteiger partial charge in [-0.25, -0.2) is 10.9 Å². The molecule has 0 spiro atoms. The number of rotatable bonds is 1. The number of aliphatic imine (C=N–C) groups is 2. The van der Waals surface area contributed by atoms with Crippen LogP contribution in [0.5, 0.6) is 0 Å². The molecule has 2 rings (SSSR count). The fourth-order valence-electron chi connectivity index (χ4n) is 1.45. The zero-order valence-corrected chi connectivity index (χ0v) is 8.56. The zero-order chi connectivity index (χ0) is 11.7. The van der Waals surface area contributed by atoms with E-state index in [1.807, 2.05) is 19.1 Å². The number of nitrogens with two attached hydrogens (primary N) is 1. The molecule has 0 radical (unpaired) electrons. The Morgan fingerprint density at radius 1 is 1.38 bits per heavy atom. The number of amidine groups is 2. The van der Waals surface area contributed by atoms with E-state index in [-0.39, 0.29) is 5.84 Å². The van der Waals surface area contributed by atoms with Crippen molar-refractivity contribution >= 4 is 11.9 Å². The van der Waals surface area contributed by atoms with Gasteiger partial charge in [0.1, 0.15) is 0 Å². The number of hydrazine groups is 1. The van der Waals surface area contributed by atoms with Gasteiger partial charge in [0.2, 0.25) is 0 Å². The van der Waals surface area contributed by atoms with Crippen LogP contribution in [0.4, 0.5) is 8.78 Å². The van der Waals surface area contributed by atoms with Crippen molar-refractivity contribution in [2.24, 2.45) is 15.8 Å². The summed E-state index contributed by atoms with van der Waals surface area (Å²) in [6.45, 7) is 1.81. The van der Waals surface area contributed by atoms with Gasteiger partial charge in [0, 0.05) is 5.56 Å². The minimum Gasteiger partial charge on any atom is -0.242 e. The van der Waals surface area contributed by atoms with Gasteiger partial charge < -0.3 is 0 Å². The SMILES string of the molecule is Cc1ccccc1C1=NC(F)=NC(F)N1N. The molecule has 0 saturated heterocycles. The molecule has 1 unspecified atom stereocenters. The largest absolute Gasteiger partial charge is 0.310 e. The summed E-state index contributed by atoms with van der Waals surface area (Å²) in [5, 5.41) is 0.700. The number of hydrogen-bond acceptors (Lipinski definition) is 4. The highest BCUT2D eigenvalue weighted by Crippen LogP contribution is 2.16. The molecular weight excluding hydrogens is 214 g/mol. The summed E-state index contributed by atoms with van der Waals surface area (Å²) >= 11 is 0. The molecule has 0 aliphatic carbocycles. The fourth-order valence-corrected chi connectivity index (χ4v) is 1.45. The first-order chi connectivity index (χ1) is 7.59. The fraction of sp³-hybridized carbons (Fsp3) is 0.200. The van der Waals surface area contributed by atoms with Gasteiger partial charge in [-0.05, 0) is 12.5 Å². The lowest BCUT2D eigenvalue weighted by molar-refractivity contribution is 0.160. The lowest BCUT2D eigenvalue weighted by atomic mass is 10.1. The smallest absolute Gasteiger partial charge is 0.242 e. The third-order valence-electron chi connectivity index (χ3n) is 2.27. The number of halogens is 2. The predicted octanol–water partition coefficient (Wildman–Crippen LogP) is 1.51. The normalized spacial score (nSPS) is 20.5. The van der Waals surface area contributed by atoms with Gasteiger partial charge in [0.15, 0.2) is 5.84 Å². The molecule has 4 nitrogen and oxygen atoms in total. The number of hydrogen-bond donors (Lipinski definition) is 1. The van der Waals surface area contributed by atoms with Crippen molar-refractivity contribution in [3.8, 4) is 0 Å². The van der Waals surface area contributed by atoms with Gasteiger partial charge in [-0.15, -0.1) is 0 Å². The lowest BCUT2D eigenvalue weighted by Crippen LogP contribution is -2.46. The Bertz CT molecular complexity index is 470. The zero-order valence-electron chi connectivity index (χ0n) is 8.56. The third kappa shape index (κ3) is 1.79. The summed E-state index contributed by atoms with van der Waals surface area (Å²) < 4.78 is 26.1. The van der Waals surface area contributed by atoms with Crippen molar-refractivity contribution in [1.29, 1.82) is 0 Å². The number of nitrogens with zero attached hydrogens (tertiary/aromatic N) is 3. The van der Waals surface area contributed by atoms with Gasteiger partial charge >= 0.3 is 6.09 Å². The van der Waals surface area contributed by atoms with E-state index >= 15 is 0 Å². The molecule has 0 fully saturated rings. The minimum atomic E-state index is -1.94. The lowest BCUT2D eigenvalue weighted by Gasteiger charge is -2.25. The Hall–Kier alpha value is -1.82. The van der Waals surface area contributed by atoms with Crippen LogP contribution in [0.1, 0.15) is 11.1 Å². The third-order valence-corrected chi connectivity index (χ3v) is 2.27. The molecule has 1 heterocycles. The van der Waals surface area contributed by atoms with Crippen LogP contribution >= 0.6 is 0 Å². The summed E-state index contributed by atoms with van der Waals surface area (Å²) in [5.41, 5.74) is 1.41. The van der Waals surface area contributed by atoms with Crippen LogP contribution in [0.2, 0.25) is 0 Å². The van der Waals surface area contributed by atoms with E-state index in [0.717, 1.165) is 5.56 Å². The molecule has 0 aromatic heterocycles. The van der Waals surface area contributed by atoms with E-state index in [1.165, 1.54) is 0 Å². The highest BCUT2D eigenvalue weighted by molar-refractivity contribution is 6.06. The summed E-state index contributed by atoms with van der Waals surface area (Å²) in [7, 11) is 0. The van der Waals surface area contributed by atoms with Crippen molar-refractivity contribution in [1.82, 2.24) is 5.01 Å². The average molecular weight is 224 g/mol. The first kappa shape index (κ1) is 10.7. The summed E-state index contributed by atoms with van der Waals surface area (Å²) in [4.78, 5) is 6.47. The van der Waals surface area contributed by atoms with Crippen molar-refractivity contribution < 1.29 is 8.78 Å².